The average Bonchev–Trinajstić information content (AvgIpc) is 2.72. The van der Waals surface area contributed by atoms with E-state index in [9.17, 15) is 9.18 Å². The van der Waals surface area contributed by atoms with Gasteiger partial charge in [-0.15, -0.1) is 0 Å². The second-order valence-electron chi connectivity index (χ2n) is 5.56. The summed E-state index contributed by atoms with van der Waals surface area (Å²) in [5.41, 5.74) is 5.47. The number of rotatable bonds is 3. The van der Waals surface area contributed by atoms with Crippen LogP contribution in [-0.2, 0) is 4.79 Å². The zero-order chi connectivity index (χ0) is 14.1. The highest BCUT2D eigenvalue weighted by atomic mass is 19.1. The molecule has 0 spiro atoms. The van der Waals surface area contributed by atoms with Crippen molar-refractivity contribution >= 4 is 5.91 Å². The molecule has 1 unspecified atom stereocenters. The van der Waals surface area contributed by atoms with Crippen LogP contribution in [0.2, 0.25) is 0 Å². The van der Waals surface area contributed by atoms with Crippen LogP contribution in [-0.4, -0.2) is 35.5 Å². The molecule has 0 aliphatic carbocycles. The lowest BCUT2D eigenvalue weighted by atomic mass is 9.99. The topological polar surface area (TPSA) is 55.6 Å². The molecule has 1 aromatic rings. The first-order valence-electron chi connectivity index (χ1n) is 7.11. The van der Waals surface area contributed by atoms with E-state index in [1.807, 2.05) is 4.90 Å². The number of hydrogen-bond acceptors (Lipinski definition) is 3. The smallest absolute Gasteiger partial charge is 0.236 e. The molecule has 4 nitrogen and oxygen atoms in total. The molecule has 1 amide bonds. The van der Waals surface area contributed by atoms with Gasteiger partial charge in [-0.05, 0) is 37.1 Å². The molecule has 0 radical (unpaired) electrons. The maximum atomic E-state index is 12.9. The molecule has 2 aliphatic heterocycles. The van der Waals surface area contributed by atoms with Crippen molar-refractivity contribution in [3.8, 4) is 5.75 Å². The van der Waals surface area contributed by atoms with Crippen LogP contribution in [0.5, 0.6) is 5.75 Å². The van der Waals surface area contributed by atoms with Crippen molar-refractivity contribution in [1.82, 2.24) is 4.90 Å². The molecule has 2 aliphatic rings. The number of amides is 1. The van der Waals surface area contributed by atoms with Crippen molar-refractivity contribution in [1.29, 1.82) is 0 Å². The summed E-state index contributed by atoms with van der Waals surface area (Å²) < 4.78 is 18.8. The predicted molar refractivity (Wildman–Crippen MR) is 72.8 cm³/mol. The largest absolute Gasteiger partial charge is 0.490 e. The normalized spacial score (nSPS) is 28.5. The van der Waals surface area contributed by atoms with Crippen molar-refractivity contribution in [2.45, 2.75) is 43.9 Å². The van der Waals surface area contributed by atoms with E-state index in [0.29, 0.717) is 5.75 Å². The van der Waals surface area contributed by atoms with Gasteiger partial charge in [0.05, 0.1) is 6.54 Å². The summed E-state index contributed by atoms with van der Waals surface area (Å²) in [4.78, 5) is 13.8. The molecule has 20 heavy (non-hydrogen) atoms. The van der Waals surface area contributed by atoms with Gasteiger partial charge in [0.25, 0.3) is 0 Å². The fraction of sp³-hybridized carbons (Fsp3) is 0.533. The quantitative estimate of drug-likeness (QED) is 0.915. The number of benzene rings is 1. The number of ether oxygens (including phenoxy) is 1. The molecule has 0 aromatic heterocycles. The van der Waals surface area contributed by atoms with Gasteiger partial charge in [-0.25, -0.2) is 4.39 Å². The molecule has 3 rings (SSSR count). The number of halogens is 1. The number of nitrogens with two attached hydrogens (primary N) is 1. The van der Waals surface area contributed by atoms with Crippen LogP contribution in [0.4, 0.5) is 4.39 Å². The Bertz CT molecular complexity index is 477. The summed E-state index contributed by atoms with van der Waals surface area (Å²) >= 11 is 0. The van der Waals surface area contributed by atoms with Crippen LogP contribution in [0, 0.1) is 5.82 Å². The van der Waals surface area contributed by atoms with Gasteiger partial charge in [-0.3, -0.25) is 4.79 Å². The van der Waals surface area contributed by atoms with Gasteiger partial charge in [-0.2, -0.15) is 0 Å². The number of piperidine rings is 1. The van der Waals surface area contributed by atoms with E-state index < -0.39 is 0 Å². The highest BCUT2D eigenvalue weighted by Crippen LogP contribution is 2.37. The van der Waals surface area contributed by atoms with Crippen LogP contribution in [0.1, 0.15) is 25.7 Å². The van der Waals surface area contributed by atoms with Gasteiger partial charge in [0, 0.05) is 24.9 Å². The molecule has 2 bridgehead atoms. The Kier molecular flexibility index (Phi) is 3.61. The van der Waals surface area contributed by atoms with Gasteiger partial charge in [0.1, 0.15) is 17.7 Å². The van der Waals surface area contributed by atoms with Crippen LogP contribution in [0.15, 0.2) is 24.3 Å². The molecular formula is C15H19FN2O2. The minimum absolute atomic E-state index is 0.0396. The van der Waals surface area contributed by atoms with Gasteiger partial charge >= 0.3 is 0 Å². The van der Waals surface area contributed by atoms with E-state index in [2.05, 4.69) is 0 Å². The second-order valence-corrected chi connectivity index (χ2v) is 5.56. The molecule has 1 aromatic carbocycles. The fourth-order valence-electron chi connectivity index (χ4n) is 3.44. The zero-order valence-electron chi connectivity index (χ0n) is 11.3. The van der Waals surface area contributed by atoms with E-state index in [4.69, 9.17) is 10.5 Å². The Morgan fingerprint density at radius 2 is 1.85 bits per heavy atom. The first-order chi connectivity index (χ1) is 9.67. The van der Waals surface area contributed by atoms with Crippen molar-refractivity contribution in [2.75, 3.05) is 6.54 Å². The lowest BCUT2D eigenvalue weighted by Gasteiger charge is -2.38. The Balaban J connectivity index is 1.65. The lowest BCUT2D eigenvalue weighted by Crippen LogP contribution is -2.51. The number of hydrogen-bond donors (Lipinski definition) is 1. The summed E-state index contributed by atoms with van der Waals surface area (Å²) in [6, 6.07) is 6.59. The zero-order valence-corrected chi connectivity index (χ0v) is 11.3. The molecular weight excluding hydrogens is 259 g/mol. The molecule has 2 saturated heterocycles. The van der Waals surface area contributed by atoms with E-state index in [-0.39, 0.29) is 36.5 Å². The van der Waals surface area contributed by atoms with Gasteiger partial charge in [-0.1, -0.05) is 0 Å². The molecule has 2 fully saturated rings. The standard InChI is InChI=1S/C15H19FN2O2/c16-10-1-5-13(6-2-10)20-14-7-11-3-4-12(8-14)18(11)15(19)9-17/h1-2,5-6,11-12,14H,3-4,7-9,17H2/t11-,12+,14?. The SMILES string of the molecule is NCC(=O)N1[C@@H]2CC[C@H]1CC(Oc1ccc(F)cc1)C2. The van der Waals surface area contributed by atoms with Crippen LogP contribution < -0.4 is 10.5 Å². The minimum atomic E-state index is -0.263. The maximum absolute atomic E-state index is 12.9. The highest BCUT2D eigenvalue weighted by Gasteiger charge is 2.43. The third-order valence-corrected chi connectivity index (χ3v) is 4.27. The summed E-state index contributed by atoms with van der Waals surface area (Å²) in [5, 5.41) is 0. The first kappa shape index (κ1) is 13.4. The van der Waals surface area contributed by atoms with E-state index in [0.717, 1.165) is 25.7 Å². The Morgan fingerprint density at radius 3 is 2.40 bits per heavy atom. The summed E-state index contributed by atoms with van der Waals surface area (Å²) in [6.45, 7) is 0.0798. The van der Waals surface area contributed by atoms with Crippen molar-refractivity contribution in [2.24, 2.45) is 5.73 Å². The number of carbonyl (C=O) groups excluding carboxylic acids is 1. The van der Waals surface area contributed by atoms with Crippen LogP contribution in [0.25, 0.3) is 0 Å². The summed E-state index contributed by atoms with van der Waals surface area (Å²) in [7, 11) is 0. The average molecular weight is 278 g/mol. The number of fused-ring (bicyclic) bond motifs is 2. The Labute approximate surface area is 117 Å². The first-order valence-corrected chi connectivity index (χ1v) is 7.11. The monoisotopic (exact) mass is 278 g/mol. The van der Waals surface area contributed by atoms with Gasteiger partial charge in [0.2, 0.25) is 5.91 Å². The summed E-state index contributed by atoms with van der Waals surface area (Å²) in [5.74, 6) is 0.466. The third-order valence-electron chi connectivity index (χ3n) is 4.27. The van der Waals surface area contributed by atoms with Gasteiger partial charge in [0.15, 0.2) is 0 Å². The second kappa shape index (κ2) is 5.40. The number of nitrogens with zero attached hydrogens (tertiary/aromatic N) is 1. The van der Waals surface area contributed by atoms with E-state index in [1.165, 1.54) is 12.1 Å². The van der Waals surface area contributed by atoms with Crippen molar-refractivity contribution in [3.05, 3.63) is 30.1 Å². The van der Waals surface area contributed by atoms with Gasteiger partial charge < -0.3 is 15.4 Å². The maximum Gasteiger partial charge on any atom is 0.236 e. The molecule has 3 atom stereocenters. The Morgan fingerprint density at radius 1 is 1.25 bits per heavy atom. The van der Waals surface area contributed by atoms with E-state index in [1.54, 1.807) is 12.1 Å². The summed E-state index contributed by atoms with van der Waals surface area (Å²) in [6.07, 6.45) is 3.82. The van der Waals surface area contributed by atoms with E-state index >= 15 is 0 Å². The van der Waals surface area contributed by atoms with Crippen LogP contribution in [0.3, 0.4) is 0 Å². The number of carbonyl (C=O) groups is 1. The van der Waals surface area contributed by atoms with Crippen molar-refractivity contribution in [3.63, 3.8) is 0 Å². The van der Waals surface area contributed by atoms with Crippen molar-refractivity contribution < 1.29 is 13.9 Å². The van der Waals surface area contributed by atoms with Crippen LogP contribution >= 0.6 is 0 Å². The predicted octanol–water partition coefficient (Wildman–Crippen LogP) is 1.69. The molecule has 0 saturated carbocycles. The lowest BCUT2D eigenvalue weighted by molar-refractivity contribution is -0.135. The highest BCUT2D eigenvalue weighted by molar-refractivity contribution is 5.79. The molecule has 2 heterocycles. The molecule has 2 N–H and O–H groups in total. The molecule has 5 heteroatoms. The Hall–Kier alpha value is -1.62. The molecule has 108 valence electrons. The third kappa shape index (κ3) is 2.50. The fourth-order valence-corrected chi connectivity index (χ4v) is 3.44. The minimum Gasteiger partial charge on any atom is -0.490 e.